The lowest BCUT2D eigenvalue weighted by Crippen LogP contribution is -2.53. The molecule has 8 nitrogen and oxygen atoms in total. The molecule has 0 radical (unpaired) electrons. The number of ether oxygens (including phenoxy) is 2. The van der Waals surface area contributed by atoms with Crippen molar-refractivity contribution in [3.05, 3.63) is 22.7 Å². The van der Waals surface area contributed by atoms with Crippen molar-refractivity contribution in [3.63, 3.8) is 0 Å². The van der Waals surface area contributed by atoms with Gasteiger partial charge in [-0.1, -0.05) is 0 Å². The van der Waals surface area contributed by atoms with E-state index in [0.717, 1.165) is 10.9 Å². The van der Waals surface area contributed by atoms with Crippen LogP contribution < -0.4 is 10.5 Å². The van der Waals surface area contributed by atoms with E-state index in [1.807, 2.05) is 0 Å². The molecule has 3 rings (SSSR count). The Kier molecular flexibility index (Phi) is 6.99. The molecule has 2 amide bonds. The summed E-state index contributed by atoms with van der Waals surface area (Å²) in [6, 6.07) is 6.03. The van der Waals surface area contributed by atoms with E-state index in [1.54, 1.807) is 43.9 Å². The first-order chi connectivity index (χ1) is 14.6. The Morgan fingerprint density at radius 1 is 1.29 bits per heavy atom. The Labute approximate surface area is 191 Å². The minimum absolute atomic E-state index is 0.189. The summed E-state index contributed by atoms with van der Waals surface area (Å²) < 4.78 is 12.3. The number of hydrogen-bond acceptors (Lipinski definition) is 6. The molecule has 0 aliphatic carbocycles. The molecule has 2 saturated heterocycles. The Hall–Kier alpha value is -2.47. The number of benzene rings is 1. The van der Waals surface area contributed by atoms with E-state index < -0.39 is 23.8 Å². The van der Waals surface area contributed by atoms with Crippen molar-refractivity contribution < 1.29 is 19.1 Å². The summed E-state index contributed by atoms with van der Waals surface area (Å²) in [6.45, 7) is 6.13. The fourth-order valence-corrected chi connectivity index (χ4v) is 4.57. The topological polar surface area (TPSA) is 109 Å². The molecule has 31 heavy (non-hydrogen) atoms. The van der Waals surface area contributed by atoms with E-state index in [1.165, 1.54) is 4.90 Å². The van der Waals surface area contributed by atoms with E-state index in [9.17, 15) is 14.9 Å². The lowest BCUT2D eigenvalue weighted by atomic mass is 10.1. The van der Waals surface area contributed by atoms with Gasteiger partial charge in [0.15, 0.2) is 0 Å². The SMILES string of the molecule is CC(C)(C)OC(=O)N1[C@@H](COc2ccc(N)cc2Br)CC[C@H]1C(=O)N1CCC[C@H]1C#N. The second kappa shape index (κ2) is 9.35. The third-order valence-electron chi connectivity index (χ3n) is 5.46. The van der Waals surface area contributed by atoms with Crippen molar-refractivity contribution in [2.45, 2.75) is 70.2 Å². The highest BCUT2D eigenvalue weighted by Gasteiger charge is 2.46. The summed E-state index contributed by atoms with van der Waals surface area (Å²) >= 11 is 3.43. The van der Waals surface area contributed by atoms with Crippen molar-refractivity contribution in [1.82, 2.24) is 9.80 Å². The summed E-state index contributed by atoms with van der Waals surface area (Å²) in [5, 5.41) is 9.38. The zero-order valence-electron chi connectivity index (χ0n) is 18.1. The smallest absolute Gasteiger partial charge is 0.411 e. The number of nitrogens with two attached hydrogens (primary N) is 1. The van der Waals surface area contributed by atoms with Crippen LogP contribution in [-0.4, -0.2) is 58.7 Å². The number of likely N-dealkylation sites (tertiary alicyclic amines) is 2. The van der Waals surface area contributed by atoms with E-state index >= 15 is 0 Å². The van der Waals surface area contributed by atoms with Crippen LogP contribution in [0.2, 0.25) is 0 Å². The Morgan fingerprint density at radius 3 is 2.68 bits per heavy atom. The molecule has 0 spiro atoms. The molecule has 1 aromatic carbocycles. The molecule has 0 bridgehead atoms. The maximum Gasteiger partial charge on any atom is 0.411 e. The summed E-state index contributed by atoms with van der Waals surface area (Å²) in [5.74, 6) is 0.420. The zero-order chi connectivity index (χ0) is 22.8. The number of nitrogen functional groups attached to an aromatic ring is 1. The van der Waals surface area contributed by atoms with Crippen molar-refractivity contribution in [1.29, 1.82) is 5.26 Å². The summed E-state index contributed by atoms with van der Waals surface area (Å²) in [4.78, 5) is 29.4. The number of nitrogens with zero attached hydrogens (tertiary/aromatic N) is 3. The van der Waals surface area contributed by atoms with Crippen LogP contribution in [0.4, 0.5) is 10.5 Å². The van der Waals surface area contributed by atoms with Crippen molar-refractivity contribution in [2.75, 3.05) is 18.9 Å². The number of rotatable bonds is 4. The average Bonchev–Trinajstić information content (AvgIpc) is 3.32. The van der Waals surface area contributed by atoms with Crippen molar-refractivity contribution in [3.8, 4) is 11.8 Å². The van der Waals surface area contributed by atoms with Gasteiger partial charge in [-0.25, -0.2) is 4.79 Å². The number of anilines is 1. The van der Waals surface area contributed by atoms with E-state index in [-0.39, 0.29) is 18.6 Å². The molecule has 1 aromatic rings. The highest BCUT2D eigenvalue weighted by atomic mass is 79.9. The minimum Gasteiger partial charge on any atom is -0.490 e. The van der Waals surface area contributed by atoms with E-state index in [4.69, 9.17) is 15.2 Å². The molecule has 168 valence electrons. The van der Waals surface area contributed by atoms with Gasteiger partial charge in [0.25, 0.3) is 0 Å². The van der Waals surface area contributed by atoms with Gasteiger partial charge >= 0.3 is 6.09 Å². The molecule has 9 heteroatoms. The van der Waals surface area contributed by atoms with Gasteiger partial charge in [0.1, 0.15) is 30.0 Å². The van der Waals surface area contributed by atoms with Crippen LogP contribution >= 0.6 is 15.9 Å². The number of carbonyl (C=O) groups excluding carboxylic acids is 2. The molecule has 3 atom stereocenters. The summed E-state index contributed by atoms with van der Waals surface area (Å²) in [5.41, 5.74) is 5.70. The second-order valence-electron chi connectivity index (χ2n) is 8.95. The molecule has 0 saturated carbocycles. The normalized spacial score (nSPS) is 23.5. The number of nitriles is 1. The summed E-state index contributed by atoms with van der Waals surface area (Å²) in [7, 11) is 0. The van der Waals surface area contributed by atoms with Gasteiger partial charge in [-0.3, -0.25) is 9.69 Å². The standard InChI is InChI=1S/C22H29BrN4O4/c1-22(2,3)31-21(29)27-16(13-30-19-9-6-14(25)11-17(19)23)7-8-18(27)20(28)26-10-4-5-15(26)12-24/h6,9,11,15-16,18H,4-5,7-8,10,13,25H2,1-3H3/t15-,16+,18-/m0/s1. The van der Waals surface area contributed by atoms with Crippen LogP contribution in [0.1, 0.15) is 46.5 Å². The Morgan fingerprint density at radius 2 is 2.03 bits per heavy atom. The first kappa shape index (κ1) is 23.2. The number of amides is 2. The Bertz CT molecular complexity index is 879. The van der Waals surface area contributed by atoms with Crippen molar-refractivity contribution >= 4 is 33.6 Å². The first-order valence-electron chi connectivity index (χ1n) is 10.5. The molecule has 0 unspecified atom stereocenters. The van der Waals surface area contributed by atoms with Gasteiger partial charge in [0.2, 0.25) is 5.91 Å². The number of carbonyl (C=O) groups is 2. The molecule has 2 aliphatic rings. The number of halogens is 1. The molecule has 2 N–H and O–H groups in total. The maximum atomic E-state index is 13.3. The molecule has 2 heterocycles. The van der Waals surface area contributed by atoms with E-state index in [2.05, 4.69) is 22.0 Å². The predicted octanol–water partition coefficient (Wildman–Crippen LogP) is 3.69. The molecule has 0 aromatic heterocycles. The van der Waals surface area contributed by atoms with Crippen LogP contribution in [0.3, 0.4) is 0 Å². The zero-order valence-corrected chi connectivity index (χ0v) is 19.7. The van der Waals surface area contributed by atoms with Crippen molar-refractivity contribution in [2.24, 2.45) is 0 Å². The second-order valence-corrected chi connectivity index (χ2v) is 9.81. The van der Waals surface area contributed by atoms with Crippen LogP contribution in [0.5, 0.6) is 5.75 Å². The molecule has 2 aliphatic heterocycles. The van der Waals surface area contributed by atoms with Crippen LogP contribution in [0.25, 0.3) is 0 Å². The predicted molar refractivity (Wildman–Crippen MR) is 119 cm³/mol. The fourth-order valence-electron chi connectivity index (χ4n) is 4.06. The van der Waals surface area contributed by atoms with Gasteiger partial charge in [0, 0.05) is 12.2 Å². The highest BCUT2D eigenvalue weighted by Crippen LogP contribution is 2.32. The maximum absolute atomic E-state index is 13.3. The molecule has 2 fully saturated rings. The van der Waals surface area contributed by atoms with E-state index in [0.29, 0.717) is 37.2 Å². The van der Waals surface area contributed by atoms with Gasteiger partial charge in [-0.15, -0.1) is 0 Å². The van der Waals surface area contributed by atoms with Gasteiger partial charge in [-0.05, 0) is 80.6 Å². The number of hydrogen-bond donors (Lipinski definition) is 1. The Balaban J connectivity index is 1.79. The van der Waals surface area contributed by atoms with Gasteiger partial charge < -0.3 is 20.1 Å². The lowest BCUT2D eigenvalue weighted by Gasteiger charge is -2.34. The molecular weight excluding hydrogens is 464 g/mol. The lowest BCUT2D eigenvalue weighted by molar-refractivity contribution is -0.136. The van der Waals surface area contributed by atoms with Gasteiger partial charge in [0.05, 0.1) is 16.6 Å². The first-order valence-corrected chi connectivity index (χ1v) is 11.3. The molecular formula is C22H29BrN4O4. The van der Waals surface area contributed by atoms with Gasteiger partial charge in [-0.2, -0.15) is 5.26 Å². The average molecular weight is 493 g/mol. The van der Waals surface area contributed by atoms with Crippen LogP contribution in [0.15, 0.2) is 22.7 Å². The monoisotopic (exact) mass is 492 g/mol. The third-order valence-corrected chi connectivity index (χ3v) is 6.08. The highest BCUT2D eigenvalue weighted by molar-refractivity contribution is 9.10. The fraction of sp³-hybridized carbons (Fsp3) is 0.591. The quantitative estimate of drug-likeness (QED) is 0.641. The summed E-state index contributed by atoms with van der Waals surface area (Å²) in [6.07, 6.45) is 2.03. The van der Waals surface area contributed by atoms with Crippen LogP contribution in [0, 0.1) is 11.3 Å². The third kappa shape index (κ3) is 5.42. The minimum atomic E-state index is -0.693. The largest absolute Gasteiger partial charge is 0.490 e. The van der Waals surface area contributed by atoms with Crippen LogP contribution in [-0.2, 0) is 9.53 Å².